The van der Waals surface area contributed by atoms with Crippen molar-refractivity contribution in [2.45, 2.75) is 37.6 Å². The number of piperidine rings is 1. The Morgan fingerprint density at radius 2 is 2.06 bits per heavy atom. The van der Waals surface area contributed by atoms with Gasteiger partial charge in [0.15, 0.2) is 0 Å². The molecule has 0 radical (unpaired) electrons. The van der Waals surface area contributed by atoms with E-state index < -0.39 is 0 Å². The highest BCUT2D eigenvalue weighted by Gasteiger charge is 2.26. The van der Waals surface area contributed by atoms with E-state index in [-0.39, 0.29) is 6.04 Å². The average Bonchev–Trinajstić information content (AvgIpc) is 3.01. The van der Waals surface area contributed by atoms with Crippen LogP contribution in [-0.4, -0.2) is 30.0 Å². The van der Waals surface area contributed by atoms with Crippen LogP contribution in [0.3, 0.4) is 0 Å². The lowest BCUT2D eigenvalue weighted by atomic mass is 10.1. The van der Waals surface area contributed by atoms with Gasteiger partial charge < -0.3 is 14.5 Å². The monoisotopic (exact) mass is 223 g/mol. The van der Waals surface area contributed by atoms with Gasteiger partial charge in [0.1, 0.15) is 0 Å². The second-order valence-electron chi connectivity index (χ2n) is 4.54. The summed E-state index contributed by atoms with van der Waals surface area (Å²) in [7, 11) is 0. The van der Waals surface area contributed by atoms with Gasteiger partial charge in [-0.15, -0.1) is 10.2 Å². The lowest BCUT2D eigenvalue weighted by Crippen LogP contribution is -2.26. The van der Waals surface area contributed by atoms with Crippen LogP contribution >= 0.6 is 0 Å². The van der Waals surface area contributed by atoms with Gasteiger partial charge in [0.25, 0.3) is 0 Å². The average molecular weight is 223 g/mol. The minimum absolute atomic E-state index is 0.261. The van der Waals surface area contributed by atoms with Crippen LogP contribution in [0.1, 0.15) is 49.4 Å². The Morgan fingerprint density at radius 1 is 1.12 bits per heavy atom. The standard InChI is InChI=1S/C11H17N3O2/c1-2-5-12-9(3-1)11-14-13-10(16-11)8-4-6-15-7-8/h8-9,12H,1-7H2. The maximum absolute atomic E-state index is 5.74. The molecular weight excluding hydrogens is 206 g/mol. The van der Waals surface area contributed by atoms with E-state index >= 15 is 0 Å². The van der Waals surface area contributed by atoms with Crippen molar-refractivity contribution < 1.29 is 9.15 Å². The fraction of sp³-hybridized carbons (Fsp3) is 0.818. The SMILES string of the molecule is C1CCC(c2nnc(C3CCOC3)o2)NC1. The fourth-order valence-corrected chi connectivity index (χ4v) is 2.34. The van der Waals surface area contributed by atoms with Gasteiger partial charge in [0.05, 0.1) is 18.6 Å². The molecule has 16 heavy (non-hydrogen) atoms. The topological polar surface area (TPSA) is 60.2 Å². The summed E-state index contributed by atoms with van der Waals surface area (Å²) in [5.74, 6) is 1.81. The summed E-state index contributed by atoms with van der Waals surface area (Å²) in [6.45, 7) is 2.58. The maximum Gasteiger partial charge on any atom is 0.233 e. The van der Waals surface area contributed by atoms with E-state index in [1.54, 1.807) is 0 Å². The molecule has 5 nitrogen and oxygen atoms in total. The van der Waals surface area contributed by atoms with Gasteiger partial charge in [-0.3, -0.25) is 0 Å². The highest BCUT2D eigenvalue weighted by molar-refractivity contribution is 4.97. The van der Waals surface area contributed by atoms with E-state index in [0.717, 1.165) is 44.4 Å². The Kier molecular flexibility index (Phi) is 2.88. The summed E-state index contributed by atoms with van der Waals surface area (Å²) >= 11 is 0. The third-order valence-corrected chi connectivity index (χ3v) is 3.34. The zero-order chi connectivity index (χ0) is 10.8. The smallest absolute Gasteiger partial charge is 0.233 e. The molecule has 3 heterocycles. The van der Waals surface area contributed by atoms with Crippen molar-refractivity contribution in [1.82, 2.24) is 15.5 Å². The summed E-state index contributed by atoms with van der Waals surface area (Å²) in [6.07, 6.45) is 4.58. The van der Waals surface area contributed by atoms with Crippen molar-refractivity contribution in [1.29, 1.82) is 0 Å². The largest absolute Gasteiger partial charge is 0.423 e. The molecule has 1 N–H and O–H groups in total. The summed E-state index contributed by atoms with van der Waals surface area (Å²) in [6, 6.07) is 0.261. The molecule has 0 bridgehead atoms. The molecule has 0 spiro atoms. The lowest BCUT2D eigenvalue weighted by Gasteiger charge is -2.19. The van der Waals surface area contributed by atoms with E-state index in [1.807, 2.05) is 0 Å². The quantitative estimate of drug-likeness (QED) is 0.821. The van der Waals surface area contributed by atoms with Crippen molar-refractivity contribution in [2.75, 3.05) is 19.8 Å². The van der Waals surface area contributed by atoms with Crippen LogP contribution in [0.5, 0.6) is 0 Å². The van der Waals surface area contributed by atoms with Crippen molar-refractivity contribution in [2.24, 2.45) is 0 Å². The molecule has 2 aliphatic rings. The molecular formula is C11H17N3O2. The lowest BCUT2D eigenvalue weighted by molar-refractivity contribution is 0.190. The van der Waals surface area contributed by atoms with Crippen LogP contribution in [0.15, 0.2) is 4.42 Å². The number of hydrogen-bond acceptors (Lipinski definition) is 5. The van der Waals surface area contributed by atoms with Crippen LogP contribution in [-0.2, 0) is 4.74 Å². The number of aromatic nitrogens is 2. The highest BCUT2D eigenvalue weighted by Crippen LogP contribution is 2.27. The predicted octanol–water partition coefficient (Wildman–Crippen LogP) is 1.39. The van der Waals surface area contributed by atoms with E-state index in [2.05, 4.69) is 15.5 Å². The highest BCUT2D eigenvalue weighted by atomic mass is 16.5. The molecule has 1 aromatic heterocycles. The zero-order valence-electron chi connectivity index (χ0n) is 9.32. The molecule has 5 heteroatoms. The van der Waals surface area contributed by atoms with Crippen LogP contribution in [0.4, 0.5) is 0 Å². The molecule has 2 unspecified atom stereocenters. The first-order chi connectivity index (χ1) is 7.93. The third-order valence-electron chi connectivity index (χ3n) is 3.34. The molecule has 0 aromatic carbocycles. The molecule has 2 saturated heterocycles. The number of nitrogens with zero attached hydrogens (tertiary/aromatic N) is 2. The number of rotatable bonds is 2. The minimum Gasteiger partial charge on any atom is -0.423 e. The molecule has 0 amide bonds. The first-order valence-corrected chi connectivity index (χ1v) is 6.08. The molecule has 1 aromatic rings. The predicted molar refractivity (Wildman–Crippen MR) is 57.1 cm³/mol. The van der Waals surface area contributed by atoms with Gasteiger partial charge in [0.2, 0.25) is 11.8 Å². The van der Waals surface area contributed by atoms with Crippen LogP contribution in [0, 0.1) is 0 Å². The van der Waals surface area contributed by atoms with Gasteiger partial charge in [-0.1, -0.05) is 6.42 Å². The number of ether oxygens (including phenoxy) is 1. The first-order valence-electron chi connectivity index (χ1n) is 6.08. The molecule has 2 aliphatic heterocycles. The molecule has 88 valence electrons. The molecule has 3 rings (SSSR count). The van der Waals surface area contributed by atoms with Gasteiger partial charge in [-0.05, 0) is 25.8 Å². The Bertz CT molecular complexity index is 341. The van der Waals surface area contributed by atoms with Gasteiger partial charge in [-0.2, -0.15) is 0 Å². The molecule has 2 atom stereocenters. The van der Waals surface area contributed by atoms with E-state index in [4.69, 9.17) is 9.15 Å². The summed E-state index contributed by atoms with van der Waals surface area (Å²) in [4.78, 5) is 0. The summed E-state index contributed by atoms with van der Waals surface area (Å²) in [5, 5.41) is 11.7. The van der Waals surface area contributed by atoms with Crippen molar-refractivity contribution in [3.63, 3.8) is 0 Å². The van der Waals surface area contributed by atoms with Gasteiger partial charge >= 0.3 is 0 Å². The Balaban J connectivity index is 1.71. The fourth-order valence-electron chi connectivity index (χ4n) is 2.34. The van der Waals surface area contributed by atoms with Gasteiger partial charge in [-0.25, -0.2) is 0 Å². The number of nitrogens with one attached hydrogen (secondary N) is 1. The van der Waals surface area contributed by atoms with Crippen molar-refractivity contribution >= 4 is 0 Å². The van der Waals surface area contributed by atoms with Crippen LogP contribution in [0.2, 0.25) is 0 Å². The van der Waals surface area contributed by atoms with Crippen molar-refractivity contribution in [3.8, 4) is 0 Å². The second kappa shape index (κ2) is 4.51. The summed E-state index contributed by atoms with van der Waals surface area (Å²) < 4.78 is 11.1. The summed E-state index contributed by atoms with van der Waals surface area (Å²) in [5.41, 5.74) is 0. The van der Waals surface area contributed by atoms with Crippen molar-refractivity contribution in [3.05, 3.63) is 11.8 Å². The zero-order valence-corrected chi connectivity index (χ0v) is 9.32. The maximum atomic E-state index is 5.74. The first kappa shape index (κ1) is 10.2. The molecule has 2 fully saturated rings. The van der Waals surface area contributed by atoms with Crippen LogP contribution < -0.4 is 5.32 Å². The van der Waals surface area contributed by atoms with Gasteiger partial charge in [0, 0.05) is 6.61 Å². The Hall–Kier alpha value is -0.940. The normalized spacial score (nSPS) is 30.8. The molecule has 0 saturated carbocycles. The number of hydrogen-bond donors (Lipinski definition) is 1. The van der Waals surface area contributed by atoms with E-state index in [1.165, 1.54) is 12.8 Å². The second-order valence-corrected chi connectivity index (χ2v) is 4.54. The minimum atomic E-state index is 0.261. The molecule has 0 aliphatic carbocycles. The third kappa shape index (κ3) is 1.97. The van der Waals surface area contributed by atoms with Crippen LogP contribution in [0.25, 0.3) is 0 Å². The van der Waals surface area contributed by atoms with E-state index in [9.17, 15) is 0 Å². The Morgan fingerprint density at radius 3 is 2.81 bits per heavy atom. The Labute approximate surface area is 94.6 Å². The van der Waals surface area contributed by atoms with E-state index in [0.29, 0.717) is 5.92 Å².